The van der Waals surface area contributed by atoms with Gasteiger partial charge in [-0.15, -0.1) is 0 Å². The van der Waals surface area contributed by atoms with Crippen LogP contribution < -0.4 is 10.1 Å². The summed E-state index contributed by atoms with van der Waals surface area (Å²) in [7, 11) is 0. The molecule has 0 bridgehead atoms. The smallest absolute Gasteiger partial charge is 0.137 e. The van der Waals surface area contributed by atoms with Crippen molar-refractivity contribution in [2.24, 2.45) is 0 Å². The summed E-state index contributed by atoms with van der Waals surface area (Å²) in [5.74, 6) is 0.732. The molecule has 2 N–H and O–H groups in total. The standard InChI is InChI=1S/C16H26ClNO2/c1-16(2,3)18-12-13-7-8-15(14(17)11-13)20-10-6-4-5-9-19/h7-8,11,18-19H,4-6,9-10,12H2,1-3H3. The fourth-order valence-corrected chi connectivity index (χ4v) is 1.97. The topological polar surface area (TPSA) is 41.5 Å². The summed E-state index contributed by atoms with van der Waals surface area (Å²) in [5.41, 5.74) is 1.24. The molecular weight excluding hydrogens is 274 g/mol. The molecule has 0 aromatic heterocycles. The summed E-state index contributed by atoms with van der Waals surface area (Å²) < 4.78 is 5.65. The van der Waals surface area contributed by atoms with E-state index in [0.29, 0.717) is 11.6 Å². The van der Waals surface area contributed by atoms with Gasteiger partial charge in [-0.25, -0.2) is 0 Å². The van der Waals surface area contributed by atoms with E-state index in [0.717, 1.165) is 37.1 Å². The van der Waals surface area contributed by atoms with Crippen LogP contribution in [0.1, 0.15) is 45.6 Å². The Balaban J connectivity index is 2.43. The summed E-state index contributed by atoms with van der Waals surface area (Å²) in [4.78, 5) is 0. The molecule has 0 amide bonds. The Bertz CT molecular complexity index is 402. The Morgan fingerprint density at radius 3 is 2.55 bits per heavy atom. The Hall–Kier alpha value is -0.770. The number of unbranched alkanes of at least 4 members (excludes halogenated alkanes) is 2. The molecule has 0 aliphatic heterocycles. The minimum absolute atomic E-state index is 0.0916. The first-order valence-corrected chi connectivity index (χ1v) is 7.57. The van der Waals surface area contributed by atoms with Crippen LogP contribution in [0.15, 0.2) is 18.2 Å². The van der Waals surface area contributed by atoms with E-state index < -0.39 is 0 Å². The number of hydrogen-bond donors (Lipinski definition) is 2. The van der Waals surface area contributed by atoms with E-state index in [4.69, 9.17) is 21.4 Å². The van der Waals surface area contributed by atoms with Crippen molar-refractivity contribution in [2.75, 3.05) is 13.2 Å². The van der Waals surface area contributed by atoms with Crippen LogP contribution in [0.5, 0.6) is 5.75 Å². The van der Waals surface area contributed by atoms with Gasteiger partial charge in [-0.3, -0.25) is 0 Å². The van der Waals surface area contributed by atoms with Crippen LogP contribution in [-0.4, -0.2) is 23.9 Å². The third-order valence-electron chi connectivity index (χ3n) is 2.88. The molecule has 0 saturated heterocycles. The van der Waals surface area contributed by atoms with Crippen molar-refractivity contribution >= 4 is 11.6 Å². The van der Waals surface area contributed by atoms with Crippen LogP contribution in [0.2, 0.25) is 5.02 Å². The SMILES string of the molecule is CC(C)(C)NCc1ccc(OCCCCCO)c(Cl)c1. The van der Waals surface area contributed by atoms with Crippen molar-refractivity contribution in [3.8, 4) is 5.75 Å². The maximum absolute atomic E-state index is 8.70. The van der Waals surface area contributed by atoms with Gasteiger partial charge < -0.3 is 15.2 Å². The van der Waals surface area contributed by atoms with E-state index in [1.165, 1.54) is 0 Å². The quantitative estimate of drug-likeness (QED) is 0.718. The molecule has 0 spiro atoms. The number of nitrogens with one attached hydrogen (secondary N) is 1. The second-order valence-corrected chi connectivity index (χ2v) is 6.41. The minimum atomic E-state index is 0.0916. The second-order valence-electron chi connectivity index (χ2n) is 6.00. The molecule has 20 heavy (non-hydrogen) atoms. The van der Waals surface area contributed by atoms with Gasteiger partial charge in [-0.1, -0.05) is 17.7 Å². The van der Waals surface area contributed by atoms with E-state index in [9.17, 15) is 0 Å². The van der Waals surface area contributed by atoms with E-state index in [2.05, 4.69) is 26.1 Å². The molecule has 0 fully saturated rings. The van der Waals surface area contributed by atoms with Gasteiger partial charge in [0.2, 0.25) is 0 Å². The lowest BCUT2D eigenvalue weighted by atomic mass is 10.1. The maximum atomic E-state index is 8.70. The third kappa shape index (κ3) is 7.13. The summed E-state index contributed by atoms with van der Waals surface area (Å²) in [6.07, 6.45) is 2.74. The number of hydrogen-bond acceptors (Lipinski definition) is 3. The van der Waals surface area contributed by atoms with E-state index in [1.807, 2.05) is 18.2 Å². The molecule has 0 unspecified atom stereocenters. The lowest BCUT2D eigenvalue weighted by Gasteiger charge is -2.20. The molecule has 114 valence electrons. The Morgan fingerprint density at radius 2 is 1.95 bits per heavy atom. The van der Waals surface area contributed by atoms with Crippen LogP contribution in [0.3, 0.4) is 0 Å². The van der Waals surface area contributed by atoms with Gasteiger partial charge in [0.05, 0.1) is 11.6 Å². The highest BCUT2D eigenvalue weighted by atomic mass is 35.5. The summed E-state index contributed by atoms with van der Waals surface area (Å²) >= 11 is 6.23. The fraction of sp³-hybridized carbons (Fsp3) is 0.625. The van der Waals surface area contributed by atoms with E-state index in [-0.39, 0.29) is 12.1 Å². The average molecular weight is 300 g/mol. The normalized spacial score (nSPS) is 11.7. The molecule has 0 saturated carbocycles. The van der Waals surface area contributed by atoms with Gasteiger partial charge in [-0.2, -0.15) is 0 Å². The minimum Gasteiger partial charge on any atom is -0.492 e. The van der Waals surface area contributed by atoms with Crippen molar-refractivity contribution in [1.29, 1.82) is 0 Å². The molecule has 0 atom stereocenters. The molecule has 0 aliphatic carbocycles. The van der Waals surface area contributed by atoms with E-state index >= 15 is 0 Å². The average Bonchev–Trinajstić information content (AvgIpc) is 2.37. The van der Waals surface area contributed by atoms with Gasteiger partial charge in [-0.05, 0) is 57.7 Å². The highest BCUT2D eigenvalue weighted by Gasteiger charge is 2.09. The van der Waals surface area contributed by atoms with Crippen LogP contribution in [0, 0.1) is 0 Å². The highest BCUT2D eigenvalue weighted by molar-refractivity contribution is 6.32. The summed E-state index contributed by atoms with van der Waals surface area (Å²) in [5, 5.41) is 12.8. The van der Waals surface area contributed by atoms with Crippen molar-refractivity contribution in [1.82, 2.24) is 5.32 Å². The molecule has 1 rings (SSSR count). The van der Waals surface area contributed by atoms with Gasteiger partial charge >= 0.3 is 0 Å². The second kappa shape index (κ2) is 8.50. The van der Waals surface area contributed by atoms with Gasteiger partial charge in [0.1, 0.15) is 5.75 Å². The van der Waals surface area contributed by atoms with Crippen molar-refractivity contribution in [3.63, 3.8) is 0 Å². The largest absolute Gasteiger partial charge is 0.492 e. The zero-order valence-electron chi connectivity index (χ0n) is 12.7. The van der Waals surface area contributed by atoms with Crippen LogP contribution in [0.4, 0.5) is 0 Å². The van der Waals surface area contributed by atoms with Crippen molar-refractivity contribution in [2.45, 2.75) is 52.1 Å². The number of aliphatic hydroxyl groups is 1. The lowest BCUT2D eigenvalue weighted by Crippen LogP contribution is -2.35. The first-order chi connectivity index (χ1) is 9.42. The number of halogens is 1. The molecule has 4 heteroatoms. The molecule has 1 aromatic carbocycles. The predicted molar refractivity (Wildman–Crippen MR) is 84.5 cm³/mol. The summed E-state index contributed by atoms with van der Waals surface area (Å²) in [6, 6.07) is 5.91. The molecule has 0 aliphatic rings. The Labute approximate surface area is 127 Å². The van der Waals surface area contributed by atoms with Gasteiger partial charge in [0.25, 0.3) is 0 Å². The first-order valence-electron chi connectivity index (χ1n) is 7.19. The number of aliphatic hydroxyl groups excluding tert-OH is 1. The molecule has 0 radical (unpaired) electrons. The highest BCUT2D eigenvalue weighted by Crippen LogP contribution is 2.26. The van der Waals surface area contributed by atoms with Crippen molar-refractivity contribution in [3.05, 3.63) is 28.8 Å². The molecule has 1 aromatic rings. The molecular formula is C16H26ClNO2. The molecule has 0 heterocycles. The number of ether oxygens (including phenoxy) is 1. The van der Waals surface area contributed by atoms with Gasteiger partial charge in [0, 0.05) is 18.7 Å². The van der Waals surface area contributed by atoms with E-state index in [1.54, 1.807) is 0 Å². The van der Waals surface area contributed by atoms with Crippen LogP contribution in [0.25, 0.3) is 0 Å². The van der Waals surface area contributed by atoms with Crippen LogP contribution in [-0.2, 0) is 6.54 Å². The van der Waals surface area contributed by atoms with Crippen molar-refractivity contribution < 1.29 is 9.84 Å². The monoisotopic (exact) mass is 299 g/mol. The zero-order chi connectivity index (χ0) is 15.0. The van der Waals surface area contributed by atoms with Crippen LogP contribution >= 0.6 is 11.6 Å². The maximum Gasteiger partial charge on any atom is 0.137 e. The fourth-order valence-electron chi connectivity index (χ4n) is 1.71. The zero-order valence-corrected chi connectivity index (χ0v) is 13.5. The van der Waals surface area contributed by atoms with Gasteiger partial charge in [0.15, 0.2) is 0 Å². The summed E-state index contributed by atoms with van der Waals surface area (Å²) in [6.45, 7) is 8.09. The number of rotatable bonds is 8. The Morgan fingerprint density at radius 1 is 1.20 bits per heavy atom. The first kappa shape index (κ1) is 17.3. The number of benzene rings is 1. The lowest BCUT2D eigenvalue weighted by molar-refractivity contribution is 0.266. The molecule has 3 nitrogen and oxygen atoms in total. The third-order valence-corrected chi connectivity index (χ3v) is 3.17. The predicted octanol–water partition coefficient (Wildman–Crippen LogP) is 3.77. The Kier molecular flexibility index (Phi) is 7.35.